The number of Topliss-reactive ketones (excluding diaryl/α,β-unsaturated/α-hetero) is 1. The van der Waals surface area contributed by atoms with Crippen LogP contribution < -0.4 is 0 Å². The molecule has 0 aromatic rings. The van der Waals surface area contributed by atoms with Crippen LogP contribution in [0.5, 0.6) is 0 Å². The van der Waals surface area contributed by atoms with Crippen molar-refractivity contribution < 1.29 is 9.18 Å². The fourth-order valence-electron chi connectivity index (χ4n) is 0.442. The van der Waals surface area contributed by atoms with Gasteiger partial charge in [-0.15, -0.1) is 0 Å². The smallest absolute Gasteiger partial charge is 0.164 e. The van der Waals surface area contributed by atoms with Gasteiger partial charge in [0.25, 0.3) is 0 Å². The molecule has 0 aromatic carbocycles. The third-order valence-corrected chi connectivity index (χ3v) is 0.700. The Morgan fingerprint density at radius 2 is 2.00 bits per heavy atom. The highest BCUT2D eigenvalue weighted by Gasteiger charge is 2.02. The Kier molecular flexibility index (Phi) is 3.40. The third kappa shape index (κ3) is 3.78. The lowest BCUT2D eigenvalue weighted by molar-refractivity contribution is -0.119. The first-order valence-corrected chi connectivity index (χ1v) is 2.53. The van der Waals surface area contributed by atoms with E-state index >= 15 is 0 Å². The predicted octanol–water partition coefficient (Wildman–Crippen LogP) is 1.53. The predicted molar refractivity (Wildman–Crippen MR) is 30.2 cm³/mol. The fraction of sp³-hybridized carbons (Fsp3) is 0.667. The Morgan fingerprint density at radius 1 is 1.50 bits per heavy atom. The molecular formula is C6H10FO. The van der Waals surface area contributed by atoms with Crippen molar-refractivity contribution in [3.63, 3.8) is 0 Å². The number of hydrogen-bond donors (Lipinski definition) is 0. The second-order valence-corrected chi connectivity index (χ2v) is 2.06. The molecule has 0 bridgehead atoms. The van der Waals surface area contributed by atoms with Gasteiger partial charge in [-0.3, -0.25) is 4.79 Å². The average molecular weight is 117 g/mol. The number of halogens is 1. The molecule has 0 heterocycles. The molecule has 0 unspecified atom stereocenters. The fourth-order valence-corrected chi connectivity index (χ4v) is 0.442. The largest absolute Gasteiger partial charge is 0.297 e. The molecule has 1 radical (unpaired) electrons. The first-order chi connectivity index (χ1) is 3.66. The van der Waals surface area contributed by atoms with Crippen LogP contribution in [-0.4, -0.2) is 12.5 Å². The van der Waals surface area contributed by atoms with Crippen molar-refractivity contribution in [3.05, 3.63) is 5.92 Å². The maximum absolute atomic E-state index is 11.4. The molecule has 0 aliphatic heterocycles. The highest BCUT2D eigenvalue weighted by molar-refractivity contribution is 5.81. The van der Waals surface area contributed by atoms with Gasteiger partial charge in [-0.25, -0.2) is 4.39 Å². The van der Waals surface area contributed by atoms with E-state index in [-0.39, 0.29) is 12.2 Å². The Morgan fingerprint density at radius 3 is 2.12 bits per heavy atom. The van der Waals surface area contributed by atoms with Crippen LogP contribution in [0.4, 0.5) is 4.39 Å². The van der Waals surface area contributed by atoms with Crippen molar-refractivity contribution in [3.8, 4) is 0 Å². The molecule has 0 amide bonds. The topological polar surface area (TPSA) is 17.1 Å². The molecule has 0 aromatic heterocycles. The second kappa shape index (κ2) is 3.58. The minimum absolute atomic E-state index is 0.288. The Hall–Kier alpha value is -0.400. The van der Waals surface area contributed by atoms with Gasteiger partial charge >= 0.3 is 0 Å². The lowest BCUT2D eigenvalue weighted by Crippen LogP contribution is -2.02. The first kappa shape index (κ1) is 7.60. The normalized spacial score (nSPS) is 10.0. The van der Waals surface area contributed by atoms with Gasteiger partial charge in [0.15, 0.2) is 5.78 Å². The van der Waals surface area contributed by atoms with Crippen molar-refractivity contribution in [2.45, 2.75) is 20.3 Å². The van der Waals surface area contributed by atoms with Gasteiger partial charge in [-0.2, -0.15) is 0 Å². The minimum Gasteiger partial charge on any atom is -0.297 e. The van der Waals surface area contributed by atoms with Crippen LogP contribution in [0.1, 0.15) is 20.3 Å². The van der Waals surface area contributed by atoms with Crippen LogP contribution in [-0.2, 0) is 4.79 Å². The minimum atomic E-state index is -0.828. The molecule has 0 spiro atoms. The Labute approximate surface area is 48.9 Å². The zero-order valence-corrected chi connectivity index (χ0v) is 5.20. The lowest BCUT2D eigenvalue weighted by atomic mass is 10.1. The Balaban J connectivity index is 3.25. The summed E-state index contributed by atoms with van der Waals surface area (Å²) in [5.74, 6) is 0.637. The summed E-state index contributed by atoms with van der Waals surface area (Å²) in [6, 6.07) is 0. The zero-order chi connectivity index (χ0) is 6.57. The van der Waals surface area contributed by atoms with Crippen LogP contribution in [0.25, 0.3) is 0 Å². The van der Waals surface area contributed by atoms with Crippen LogP contribution >= 0.6 is 0 Å². The van der Waals surface area contributed by atoms with E-state index in [0.29, 0.717) is 0 Å². The van der Waals surface area contributed by atoms with Crippen molar-refractivity contribution in [2.75, 3.05) is 6.67 Å². The van der Waals surface area contributed by atoms with Gasteiger partial charge in [0, 0.05) is 6.42 Å². The lowest BCUT2D eigenvalue weighted by Gasteiger charge is -1.96. The van der Waals surface area contributed by atoms with E-state index in [2.05, 4.69) is 0 Å². The van der Waals surface area contributed by atoms with Crippen LogP contribution in [0.15, 0.2) is 0 Å². The number of rotatable bonds is 3. The van der Waals surface area contributed by atoms with Crippen molar-refractivity contribution >= 4 is 5.78 Å². The number of alkyl halides is 1. The van der Waals surface area contributed by atoms with Crippen LogP contribution in [0, 0.1) is 5.92 Å². The van der Waals surface area contributed by atoms with Gasteiger partial charge in [-0.1, -0.05) is 13.8 Å². The van der Waals surface area contributed by atoms with Gasteiger partial charge in [0.05, 0.1) is 0 Å². The second-order valence-electron chi connectivity index (χ2n) is 2.06. The molecule has 2 heteroatoms. The van der Waals surface area contributed by atoms with Crippen LogP contribution in [0.3, 0.4) is 0 Å². The summed E-state index contributed by atoms with van der Waals surface area (Å²) < 4.78 is 11.4. The third-order valence-electron chi connectivity index (χ3n) is 0.700. The highest BCUT2D eigenvalue weighted by Crippen LogP contribution is 2.01. The monoisotopic (exact) mass is 117 g/mol. The molecule has 0 saturated heterocycles. The van der Waals surface area contributed by atoms with E-state index < -0.39 is 6.67 Å². The van der Waals surface area contributed by atoms with E-state index in [0.717, 1.165) is 5.92 Å². The summed E-state index contributed by atoms with van der Waals surface area (Å²) in [5, 5.41) is 0. The molecule has 1 nitrogen and oxygen atoms in total. The number of carbonyl (C=O) groups is 1. The molecule has 0 saturated carbocycles. The first-order valence-electron chi connectivity index (χ1n) is 2.53. The number of carbonyl (C=O) groups excluding carboxylic acids is 1. The van der Waals surface area contributed by atoms with E-state index in [9.17, 15) is 9.18 Å². The number of hydrogen-bond acceptors (Lipinski definition) is 1. The summed E-state index contributed by atoms with van der Waals surface area (Å²) in [6.45, 7) is 2.80. The van der Waals surface area contributed by atoms with Gasteiger partial charge in [-0.05, 0) is 5.92 Å². The quantitative estimate of drug-likeness (QED) is 0.547. The highest BCUT2D eigenvalue weighted by atomic mass is 19.1. The van der Waals surface area contributed by atoms with E-state index in [1.165, 1.54) is 0 Å². The zero-order valence-electron chi connectivity index (χ0n) is 5.20. The van der Waals surface area contributed by atoms with Crippen molar-refractivity contribution in [2.24, 2.45) is 0 Å². The Bertz CT molecular complexity index is 78.6. The SMILES string of the molecule is C[C](C)CC(=O)CF. The van der Waals surface area contributed by atoms with Gasteiger partial charge in [0.1, 0.15) is 6.67 Å². The molecule has 0 N–H and O–H groups in total. The summed E-state index contributed by atoms with van der Waals surface area (Å²) >= 11 is 0. The molecule has 0 aliphatic rings. The standard InChI is InChI=1S/C6H10FO/c1-5(2)3-6(8)4-7/h3-4H2,1-2H3. The summed E-state index contributed by atoms with van der Waals surface area (Å²) in [4.78, 5) is 10.2. The van der Waals surface area contributed by atoms with Crippen molar-refractivity contribution in [1.82, 2.24) is 0 Å². The van der Waals surface area contributed by atoms with Gasteiger partial charge in [0.2, 0.25) is 0 Å². The summed E-state index contributed by atoms with van der Waals surface area (Å²) in [5.41, 5.74) is 0. The molecular weight excluding hydrogens is 107 g/mol. The maximum Gasteiger partial charge on any atom is 0.164 e. The van der Waals surface area contributed by atoms with Gasteiger partial charge < -0.3 is 0 Å². The summed E-state index contributed by atoms with van der Waals surface area (Å²) in [6.07, 6.45) is 0.288. The molecule has 0 atom stereocenters. The average Bonchev–Trinajstić information content (AvgIpc) is 1.65. The van der Waals surface area contributed by atoms with E-state index in [1.54, 1.807) is 0 Å². The number of ketones is 1. The van der Waals surface area contributed by atoms with E-state index in [4.69, 9.17) is 0 Å². The van der Waals surface area contributed by atoms with E-state index in [1.807, 2.05) is 13.8 Å². The molecule has 0 aliphatic carbocycles. The molecule has 0 rings (SSSR count). The molecule has 0 fully saturated rings. The molecule has 47 valence electrons. The van der Waals surface area contributed by atoms with Crippen LogP contribution in [0.2, 0.25) is 0 Å². The molecule has 8 heavy (non-hydrogen) atoms. The summed E-state index contributed by atoms with van der Waals surface area (Å²) in [7, 11) is 0. The maximum atomic E-state index is 11.4. The van der Waals surface area contributed by atoms with Crippen molar-refractivity contribution in [1.29, 1.82) is 0 Å².